The van der Waals surface area contributed by atoms with Crippen molar-refractivity contribution in [2.75, 3.05) is 6.61 Å². The Balaban J connectivity index is 1.56. The molecular formula is C19H14N2O4. The van der Waals surface area contributed by atoms with Crippen LogP contribution in [0.1, 0.15) is 20.7 Å². The molecule has 0 radical (unpaired) electrons. The van der Waals surface area contributed by atoms with Crippen molar-refractivity contribution in [1.29, 1.82) is 0 Å². The number of Topliss-reactive ketones (excluding diaryl/α,β-unsaturated/α-hetero) is 1. The molecule has 0 amide bonds. The number of hydrogen-bond acceptors (Lipinski definition) is 6. The molecule has 124 valence electrons. The van der Waals surface area contributed by atoms with Gasteiger partial charge in [-0.05, 0) is 24.3 Å². The van der Waals surface area contributed by atoms with Crippen LogP contribution in [0.3, 0.4) is 0 Å². The van der Waals surface area contributed by atoms with Crippen molar-refractivity contribution in [1.82, 2.24) is 9.97 Å². The van der Waals surface area contributed by atoms with E-state index in [1.165, 1.54) is 12.4 Å². The summed E-state index contributed by atoms with van der Waals surface area (Å²) in [6.45, 7) is -0.379. The maximum atomic E-state index is 12.1. The third-order valence-electron chi connectivity index (χ3n) is 3.25. The third-order valence-corrected chi connectivity index (χ3v) is 3.25. The second-order valence-electron chi connectivity index (χ2n) is 5.03. The van der Waals surface area contributed by atoms with Crippen LogP contribution in [0.2, 0.25) is 0 Å². The summed E-state index contributed by atoms with van der Waals surface area (Å²) < 4.78 is 10.4. The largest absolute Gasteiger partial charge is 0.454 e. The first-order chi connectivity index (χ1) is 12.2. The normalized spacial score (nSPS) is 10.1. The van der Waals surface area contributed by atoms with Crippen LogP contribution in [0.4, 0.5) is 0 Å². The quantitative estimate of drug-likeness (QED) is 0.508. The van der Waals surface area contributed by atoms with E-state index in [1.54, 1.807) is 42.5 Å². The molecule has 0 saturated heterocycles. The number of nitrogens with zero attached hydrogens (tertiary/aromatic N) is 2. The lowest BCUT2D eigenvalue weighted by molar-refractivity contribution is 0.0474. The van der Waals surface area contributed by atoms with Crippen LogP contribution in [0.5, 0.6) is 11.8 Å². The van der Waals surface area contributed by atoms with Gasteiger partial charge in [0.2, 0.25) is 5.78 Å². The molecule has 3 rings (SSSR count). The summed E-state index contributed by atoms with van der Waals surface area (Å²) in [6.07, 6.45) is 2.67. The molecular weight excluding hydrogens is 320 g/mol. The molecule has 0 aliphatic rings. The number of hydrogen-bond donors (Lipinski definition) is 0. The molecule has 1 heterocycles. The molecule has 0 bridgehead atoms. The zero-order valence-electron chi connectivity index (χ0n) is 13.2. The molecule has 0 N–H and O–H groups in total. The standard InChI is InChI=1S/C19H14N2O4/c22-17(13-24-18(23)14-7-3-1-4-8-14)15-11-20-19(21-12-15)25-16-9-5-2-6-10-16/h1-12H,13H2. The molecule has 0 atom stereocenters. The van der Waals surface area contributed by atoms with Crippen LogP contribution < -0.4 is 4.74 Å². The summed E-state index contributed by atoms with van der Waals surface area (Å²) in [5, 5.41) is 0. The minimum absolute atomic E-state index is 0.129. The lowest BCUT2D eigenvalue weighted by atomic mass is 10.2. The summed E-state index contributed by atoms with van der Waals surface area (Å²) in [6, 6.07) is 17.7. The number of ether oxygens (including phenoxy) is 2. The van der Waals surface area contributed by atoms with Gasteiger partial charge in [0.1, 0.15) is 5.75 Å². The van der Waals surface area contributed by atoms with Crippen LogP contribution in [0, 0.1) is 0 Å². The number of aromatic nitrogens is 2. The van der Waals surface area contributed by atoms with Gasteiger partial charge in [-0.15, -0.1) is 0 Å². The first-order valence-corrected chi connectivity index (χ1v) is 7.53. The summed E-state index contributed by atoms with van der Waals surface area (Å²) in [7, 11) is 0. The van der Waals surface area contributed by atoms with Gasteiger partial charge in [0.05, 0.1) is 11.1 Å². The average Bonchev–Trinajstić information content (AvgIpc) is 2.68. The van der Waals surface area contributed by atoms with Gasteiger partial charge in [0.15, 0.2) is 6.61 Å². The molecule has 0 aliphatic carbocycles. The molecule has 2 aromatic carbocycles. The molecule has 0 aliphatic heterocycles. The topological polar surface area (TPSA) is 78.4 Å². The smallest absolute Gasteiger partial charge is 0.338 e. The Hall–Kier alpha value is -3.54. The van der Waals surface area contributed by atoms with Gasteiger partial charge < -0.3 is 9.47 Å². The van der Waals surface area contributed by atoms with E-state index in [4.69, 9.17) is 9.47 Å². The minimum atomic E-state index is -0.557. The van der Waals surface area contributed by atoms with Crippen molar-refractivity contribution in [3.05, 3.63) is 84.2 Å². The summed E-state index contributed by atoms with van der Waals surface area (Å²) in [5.41, 5.74) is 0.624. The Bertz CT molecular complexity index is 850. The number of benzene rings is 2. The van der Waals surface area contributed by atoms with Gasteiger partial charge >= 0.3 is 12.0 Å². The monoisotopic (exact) mass is 334 g/mol. The second kappa shape index (κ2) is 7.83. The number of ketones is 1. The van der Waals surface area contributed by atoms with E-state index in [2.05, 4.69) is 9.97 Å². The van der Waals surface area contributed by atoms with Crippen LogP contribution in [-0.4, -0.2) is 28.3 Å². The maximum absolute atomic E-state index is 12.1. The Kier molecular flexibility index (Phi) is 5.11. The highest BCUT2D eigenvalue weighted by Crippen LogP contribution is 2.16. The lowest BCUT2D eigenvalue weighted by Gasteiger charge is -2.05. The van der Waals surface area contributed by atoms with E-state index in [-0.39, 0.29) is 18.2 Å². The number of para-hydroxylation sites is 1. The molecule has 25 heavy (non-hydrogen) atoms. The third kappa shape index (κ3) is 4.48. The molecule has 0 unspecified atom stereocenters. The van der Waals surface area contributed by atoms with Crippen LogP contribution in [0.15, 0.2) is 73.1 Å². The summed E-state index contributed by atoms with van der Waals surface area (Å²) >= 11 is 0. The van der Waals surface area contributed by atoms with E-state index >= 15 is 0 Å². The number of carbonyl (C=O) groups is 2. The van der Waals surface area contributed by atoms with Gasteiger partial charge in [0, 0.05) is 12.4 Å². The predicted octanol–water partition coefficient (Wildman–Crippen LogP) is 3.31. The maximum Gasteiger partial charge on any atom is 0.338 e. The zero-order valence-corrected chi connectivity index (χ0v) is 13.2. The van der Waals surface area contributed by atoms with Gasteiger partial charge in [-0.2, -0.15) is 0 Å². The predicted molar refractivity (Wildman–Crippen MR) is 89.6 cm³/mol. The van der Waals surface area contributed by atoms with Crippen molar-refractivity contribution in [3.8, 4) is 11.8 Å². The average molecular weight is 334 g/mol. The molecule has 6 nitrogen and oxygen atoms in total. The number of rotatable bonds is 6. The van der Waals surface area contributed by atoms with Crippen molar-refractivity contribution in [2.45, 2.75) is 0 Å². The van der Waals surface area contributed by atoms with E-state index in [0.29, 0.717) is 11.3 Å². The Morgan fingerprint density at radius 3 is 2.04 bits per heavy atom. The highest BCUT2D eigenvalue weighted by Gasteiger charge is 2.12. The van der Waals surface area contributed by atoms with Crippen molar-refractivity contribution in [3.63, 3.8) is 0 Å². The summed E-state index contributed by atoms with van der Waals surface area (Å²) in [4.78, 5) is 31.8. The van der Waals surface area contributed by atoms with E-state index in [0.717, 1.165) is 0 Å². The van der Waals surface area contributed by atoms with Gasteiger partial charge in [0.25, 0.3) is 0 Å². The fraction of sp³-hybridized carbons (Fsp3) is 0.0526. The lowest BCUT2D eigenvalue weighted by Crippen LogP contribution is -2.14. The zero-order chi connectivity index (χ0) is 17.5. The number of esters is 1. The van der Waals surface area contributed by atoms with Gasteiger partial charge in [-0.3, -0.25) is 4.79 Å². The van der Waals surface area contributed by atoms with Gasteiger partial charge in [-0.25, -0.2) is 14.8 Å². The fourth-order valence-electron chi connectivity index (χ4n) is 1.98. The van der Waals surface area contributed by atoms with Crippen LogP contribution in [-0.2, 0) is 4.74 Å². The van der Waals surface area contributed by atoms with Crippen LogP contribution >= 0.6 is 0 Å². The van der Waals surface area contributed by atoms with E-state index in [9.17, 15) is 9.59 Å². The van der Waals surface area contributed by atoms with E-state index < -0.39 is 11.8 Å². The van der Waals surface area contributed by atoms with Crippen molar-refractivity contribution in [2.24, 2.45) is 0 Å². The molecule has 3 aromatic rings. The van der Waals surface area contributed by atoms with Crippen molar-refractivity contribution < 1.29 is 19.1 Å². The Labute approximate surface area is 144 Å². The first kappa shape index (κ1) is 16.3. The molecule has 0 spiro atoms. The van der Waals surface area contributed by atoms with Crippen molar-refractivity contribution >= 4 is 11.8 Å². The molecule has 0 saturated carbocycles. The minimum Gasteiger partial charge on any atom is -0.454 e. The number of carbonyl (C=O) groups excluding carboxylic acids is 2. The Morgan fingerprint density at radius 2 is 1.40 bits per heavy atom. The molecule has 0 fully saturated rings. The molecule has 1 aromatic heterocycles. The second-order valence-corrected chi connectivity index (χ2v) is 5.03. The highest BCUT2D eigenvalue weighted by molar-refractivity contribution is 5.98. The highest BCUT2D eigenvalue weighted by atomic mass is 16.5. The fourth-order valence-corrected chi connectivity index (χ4v) is 1.98. The SMILES string of the molecule is O=C(COC(=O)c1ccccc1)c1cnc(Oc2ccccc2)nc1. The van der Waals surface area contributed by atoms with Gasteiger partial charge in [-0.1, -0.05) is 36.4 Å². The van der Waals surface area contributed by atoms with E-state index in [1.807, 2.05) is 18.2 Å². The first-order valence-electron chi connectivity index (χ1n) is 7.53. The van der Waals surface area contributed by atoms with Crippen LogP contribution in [0.25, 0.3) is 0 Å². The summed E-state index contributed by atoms with van der Waals surface area (Å²) in [5.74, 6) is -0.354. The Morgan fingerprint density at radius 1 is 0.800 bits per heavy atom. The molecule has 6 heteroatoms.